The van der Waals surface area contributed by atoms with Crippen molar-refractivity contribution in [3.8, 4) is 0 Å². The summed E-state index contributed by atoms with van der Waals surface area (Å²) in [7, 11) is 6.62. The van der Waals surface area contributed by atoms with E-state index in [1.54, 1.807) is 0 Å². The second kappa shape index (κ2) is 5.83. The first-order chi connectivity index (χ1) is 7.00. The lowest BCUT2D eigenvalue weighted by atomic mass is 9.92. The molecule has 1 aliphatic rings. The van der Waals surface area contributed by atoms with Gasteiger partial charge < -0.3 is 15.5 Å². The van der Waals surface area contributed by atoms with Crippen LogP contribution in [0.3, 0.4) is 0 Å². The lowest BCUT2D eigenvalue weighted by Crippen LogP contribution is -2.37. The van der Waals surface area contributed by atoms with Crippen molar-refractivity contribution in [2.75, 3.05) is 34.2 Å². The summed E-state index contributed by atoms with van der Waals surface area (Å²) in [5.41, 5.74) is 5.84. The highest BCUT2D eigenvalue weighted by molar-refractivity contribution is 4.84. The number of rotatable bonds is 5. The third-order valence-electron chi connectivity index (χ3n) is 3.55. The first kappa shape index (κ1) is 12.9. The molecule has 3 nitrogen and oxygen atoms in total. The molecule has 0 saturated carbocycles. The van der Waals surface area contributed by atoms with Crippen molar-refractivity contribution in [1.29, 1.82) is 0 Å². The van der Waals surface area contributed by atoms with Gasteiger partial charge in [0, 0.05) is 18.6 Å². The maximum atomic E-state index is 5.84. The van der Waals surface area contributed by atoms with Crippen molar-refractivity contribution >= 4 is 0 Å². The third kappa shape index (κ3) is 4.09. The summed E-state index contributed by atoms with van der Waals surface area (Å²) in [6.07, 6.45) is 3.73. The molecule has 0 spiro atoms. The van der Waals surface area contributed by atoms with Crippen LogP contribution in [-0.2, 0) is 0 Å². The van der Waals surface area contributed by atoms with E-state index in [0.29, 0.717) is 12.1 Å². The number of nitrogens with two attached hydrogens (primary N) is 1. The minimum atomic E-state index is 0.339. The van der Waals surface area contributed by atoms with Gasteiger partial charge in [0.05, 0.1) is 0 Å². The Hall–Kier alpha value is -0.120. The van der Waals surface area contributed by atoms with Gasteiger partial charge in [-0.1, -0.05) is 0 Å². The molecule has 90 valence electrons. The zero-order chi connectivity index (χ0) is 11.4. The predicted octanol–water partition coefficient (Wildman–Crippen LogP) is 0.996. The molecular formula is C12H27N3. The quantitative estimate of drug-likeness (QED) is 0.739. The van der Waals surface area contributed by atoms with Crippen molar-refractivity contribution in [3.63, 3.8) is 0 Å². The van der Waals surface area contributed by atoms with Gasteiger partial charge in [0.25, 0.3) is 0 Å². The fourth-order valence-electron chi connectivity index (χ4n) is 2.63. The Morgan fingerprint density at radius 1 is 1.40 bits per heavy atom. The normalized spacial score (nSPS) is 27.2. The van der Waals surface area contributed by atoms with Gasteiger partial charge in [-0.05, 0) is 59.8 Å². The molecular weight excluding hydrogens is 186 g/mol. The molecule has 0 aliphatic carbocycles. The first-order valence-corrected chi connectivity index (χ1v) is 6.11. The van der Waals surface area contributed by atoms with Gasteiger partial charge in [-0.15, -0.1) is 0 Å². The Bertz CT molecular complexity index is 180. The highest BCUT2D eigenvalue weighted by Gasteiger charge is 2.28. The number of likely N-dealkylation sites (tertiary alicyclic amines) is 1. The molecule has 1 fully saturated rings. The molecule has 2 N–H and O–H groups in total. The van der Waals surface area contributed by atoms with Crippen LogP contribution in [0.25, 0.3) is 0 Å². The molecule has 1 aliphatic heterocycles. The number of nitrogens with zero attached hydrogens (tertiary/aromatic N) is 2. The summed E-state index contributed by atoms with van der Waals surface area (Å²) >= 11 is 0. The fraction of sp³-hybridized carbons (Fsp3) is 1.00. The summed E-state index contributed by atoms with van der Waals surface area (Å²) in [5.74, 6) is 0.837. The van der Waals surface area contributed by atoms with Crippen LogP contribution in [0.15, 0.2) is 0 Å². The molecule has 15 heavy (non-hydrogen) atoms. The van der Waals surface area contributed by atoms with Crippen molar-refractivity contribution in [3.05, 3.63) is 0 Å². The molecule has 0 aromatic heterocycles. The topological polar surface area (TPSA) is 32.5 Å². The minimum absolute atomic E-state index is 0.339. The summed E-state index contributed by atoms with van der Waals surface area (Å²) in [4.78, 5) is 4.82. The van der Waals surface area contributed by atoms with Gasteiger partial charge in [0.2, 0.25) is 0 Å². The van der Waals surface area contributed by atoms with Gasteiger partial charge in [0.15, 0.2) is 0 Å². The molecule has 0 radical (unpaired) electrons. The van der Waals surface area contributed by atoms with Crippen LogP contribution in [0.2, 0.25) is 0 Å². The Labute approximate surface area is 94.6 Å². The predicted molar refractivity (Wildman–Crippen MR) is 66.0 cm³/mol. The maximum Gasteiger partial charge on any atom is 0.0131 e. The zero-order valence-electron chi connectivity index (χ0n) is 10.7. The molecule has 3 atom stereocenters. The Kier molecular flexibility index (Phi) is 5.03. The van der Waals surface area contributed by atoms with Crippen molar-refractivity contribution in [2.24, 2.45) is 11.7 Å². The van der Waals surface area contributed by atoms with E-state index in [4.69, 9.17) is 5.73 Å². The molecule has 3 unspecified atom stereocenters. The van der Waals surface area contributed by atoms with Crippen molar-refractivity contribution in [2.45, 2.75) is 38.3 Å². The summed E-state index contributed by atoms with van der Waals surface area (Å²) < 4.78 is 0. The average Bonchev–Trinajstić information content (AvgIpc) is 2.51. The molecule has 0 amide bonds. The van der Waals surface area contributed by atoms with Gasteiger partial charge in [0.1, 0.15) is 0 Å². The van der Waals surface area contributed by atoms with Gasteiger partial charge in [-0.3, -0.25) is 0 Å². The van der Waals surface area contributed by atoms with Crippen LogP contribution in [0, 0.1) is 5.92 Å². The van der Waals surface area contributed by atoms with Crippen LogP contribution < -0.4 is 5.73 Å². The fourth-order valence-corrected chi connectivity index (χ4v) is 2.63. The largest absolute Gasteiger partial charge is 0.328 e. The van der Waals surface area contributed by atoms with Crippen LogP contribution in [0.4, 0.5) is 0 Å². The van der Waals surface area contributed by atoms with Crippen LogP contribution in [0.5, 0.6) is 0 Å². The molecule has 0 bridgehead atoms. The summed E-state index contributed by atoms with van der Waals surface area (Å²) in [6.45, 7) is 4.61. The molecule has 1 heterocycles. The van der Waals surface area contributed by atoms with E-state index in [0.717, 1.165) is 12.3 Å². The Morgan fingerprint density at radius 3 is 2.47 bits per heavy atom. The van der Waals surface area contributed by atoms with E-state index in [-0.39, 0.29) is 0 Å². The highest BCUT2D eigenvalue weighted by Crippen LogP contribution is 2.24. The van der Waals surface area contributed by atoms with E-state index < -0.39 is 0 Å². The molecule has 0 aromatic carbocycles. The van der Waals surface area contributed by atoms with E-state index in [2.05, 4.69) is 37.9 Å². The van der Waals surface area contributed by atoms with Crippen LogP contribution in [0.1, 0.15) is 26.2 Å². The average molecular weight is 213 g/mol. The SMILES string of the molecule is CC(N)CCC(C1CCN(C)C1)N(C)C. The Morgan fingerprint density at radius 2 is 2.07 bits per heavy atom. The molecule has 0 aromatic rings. The lowest BCUT2D eigenvalue weighted by Gasteiger charge is -2.30. The molecule has 1 saturated heterocycles. The summed E-state index contributed by atoms with van der Waals surface area (Å²) in [6, 6.07) is 1.05. The number of hydrogen-bond donors (Lipinski definition) is 1. The van der Waals surface area contributed by atoms with Crippen LogP contribution >= 0.6 is 0 Å². The van der Waals surface area contributed by atoms with Gasteiger partial charge >= 0.3 is 0 Å². The Balaban J connectivity index is 2.43. The van der Waals surface area contributed by atoms with Gasteiger partial charge in [-0.2, -0.15) is 0 Å². The second-order valence-corrected chi connectivity index (χ2v) is 5.40. The van der Waals surface area contributed by atoms with E-state index in [1.807, 2.05) is 0 Å². The minimum Gasteiger partial charge on any atom is -0.328 e. The standard InChI is InChI=1S/C12H27N3/c1-10(13)5-6-12(14(2)3)11-7-8-15(4)9-11/h10-12H,5-9,13H2,1-4H3. The van der Waals surface area contributed by atoms with E-state index >= 15 is 0 Å². The lowest BCUT2D eigenvalue weighted by molar-refractivity contribution is 0.193. The highest BCUT2D eigenvalue weighted by atomic mass is 15.2. The van der Waals surface area contributed by atoms with Crippen LogP contribution in [-0.4, -0.2) is 56.1 Å². The smallest absolute Gasteiger partial charge is 0.0131 e. The first-order valence-electron chi connectivity index (χ1n) is 6.11. The molecule has 3 heteroatoms. The van der Waals surface area contributed by atoms with Crippen molar-refractivity contribution in [1.82, 2.24) is 9.80 Å². The van der Waals surface area contributed by atoms with E-state index in [1.165, 1.54) is 25.9 Å². The maximum absolute atomic E-state index is 5.84. The monoisotopic (exact) mass is 213 g/mol. The molecule has 1 rings (SSSR count). The van der Waals surface area contributed by atoms with Gasteiger partial charge in [-0.25, -0.2) is 0 Å². The third-order valence-corrected chi connectivity index (χ3v) is 3.55. The zero-order valence-corrected chi connectivity index (χ0v) is 10.7. The second-order valence-electron chi connectivity index (χ2n) is 5.40. The van der Waals surface area contributed by atoms with E-state index in [9.17, 15) is 0 Å². The van der Waals surface area contributed by atoms with Crippen molar-refractivity contribution < 1.29 is 0 Å². The number of hydrogen-bond acceptors (Lipinski definition) is 3. The summed E-state index contributed by atoms with van der Waals surface area (Å²) in [5, 5.41) is 0.